The molecule has 0 aliphatic carbocycles. The first kappa shape index (κ1) is 26.0. The van der Waals surface area contributed by atoms with Gasteiger partial charge in [0.05, 0.1) is 17.6 Å². The van der Waals surface area contributed by atoms with Crippen molar-refractivity contribution in [3.8, 4) is 5.75 Å². The van der Waals surface area contributed by atoms with Gasteiger partial charge < -0.3 is 14.6 Å². The third-order valence-electron chi connectivity index (χ3n) is 6.26. The number of nitrogens with one attached hydrogen (secondary N) is 1. The van der Waals surface area contributed by atoms with Crippen LogP contribution in [0.5, 0.6) is 5.75 Å². The molecular weight excluding hydrogens is 514 g/mol. The molecule has 0 unspecified atom stereocenters. The van der Waals surface area contributed by atoms with E-state index in [-0.39, 0.29) is 5.91 Å². The number of halogens is 1. The van der Waals surface area contributed by atoms with Gasteiger partial charge in [0.15, 0.2) is 0 Å². The minimum Gasteiger partial charge on any atom is -0.493 e. The first-order chi connectivity index (χ1) is 17.5. The van der Waals surface area contributed by atoms with E-state index in [2.05, 4.69) is 76.1 Å². The fourth-order valence-corrected chi connectivity index (χ4v) is 4.79. The van der Waals surface area contributed by atoms with Gasteiger partial charge in [-0.1, -0.05) is 66.2 Å². The molecule has 4 aromatic rings. The van der Waals surface area contributed by atoms with Gasteiger partial charge in [-0.3, -0.25) is 4.79 Å². The summed E-state index contributed by atoms with van der Waals surface area (Å²) in [6, 6.07) is 24.0. The zero-order valence-corrected chi connectivity index (χ0v) is 22.6. The van der Waals surface area contributed by atoms with E-state index in [1.807, 2.05) is 36.4 Å². The summed E-state index contributed by atoms with van der Waals surface area (Å²) in [7, 11) is 0. The van der Waals surface area contributed by atoms with Crippen LogP contribution in [0.15, 0.2) is 77.3 Å². The summed E-state index contributed by atoms with van der Waals surface area (Å²) in [5, 5.41) is 3.02. The average Bonchev–Trinajstić information content (AvgIpc) is 3.23. The van der Waals surface area contributed by atoms with Crippen molar-refractivity contribution in [2.45, 2.75) is 52.0 Å². The Balaban J connectivity index is 1.30. The summed E-state index contributed by atoms with van der Waals surface area (Å²) < 4.78 is 9.34. The van der Waals surface area contributed by atoms with Crippen molar-refractivity contribution in [2.75, 3.05) is 13.2 Å². The second-order valence-corrected chi connectivity index (χ2v) is 10.2. The molecule has 1 amide bonds. The summed E-state index contributed by atoms with van der Waals surface area (Å²) in [5.74, 6) is 2.45. The van der Waals surface area contributed by atoms with Gasteiger partial charge in [-0.25, -0.2) is 4.98 Å². The SMILES string of the molecule is CC(C)c1ccccc1OCCCCn1c(CCCNC(=O)c2cccc(Br)c2)nc2ccccc21. The van der Waals surface area contributed by atoms with Gasteiger partial charge in [0.25, 0.3) is 5.91 Å². The van der Waals surface area contributed by atoms with Crippen LogP contribution in [0, 0.1) is 0 Å². The van der Waals surface area contributed by atoms with Crippen molar-refractivity contribution in [3.05, 3.63) is 94.2 Å². The average molecular weight is 549 g/mol. The van der Waals surface area contributed by atoms with Gasteiger partial charge in [0.2, 0.25) is 0 Å². The molecule has 3 aromatic carbocycles. The molecule has 1 aromatic heterocycles. The van der Waals surface area contributed by atoms with Crippen LogP contribution in [0.2, 0.25) is 0 Å². The van der Waals surface area contributed by atoms with E-state index in [1.165, 1.54) is 5.56 Å². The molecule has 0 saturated carbocycles. The molecule has 0 aliphatic heterocycles. The molecule has 4 rings (SSSR count). The van der Waals surface area contributed by atoms with Crippen molar-refractivity contribution >= 4 is 32.9 Å². The lowest BCUT2D eigenvalue weighted by atomic mass is 10.0. The van der Waals surface area contributed by atoms with Gasteiger partial charge in [0.1, 0.15) is 11.6 Å². The van der Waals surface area contributed by atoms with Crippen molar-refractivity contribution in [1.29, 1.82) is 0 Å². The Morgan fingerprint density at radius 2 is 1.81 bits per heavy atom. The molecule has 0 spiro atoms. The molecule has 0 fully saturated rings. The number of amides is 1. The highest BCUT2D eigenvalue weighted by Gasteiger charge is 2.12. The number of unbranched alkanes of at least 4 members (excludes halogenated alkanes) is 1. The van der Waals surface area contributed by atoms with E-state index >= 15 is 0 Å². The predicted molar refractivity (Wildman–Crippen MR) is 150 cm³/mol. The lowest BCUT2D eigenvalue weighted by Crippen LogP contribution is -2.25. The quantitative estimate of drug-likeness (QED) is 0.192. The van der Waals surface area contributed by atoms with Crippen molar-refractivity contribution in [3.63, 3.8) is 0 Å². The molecule has 1 N–H and O–H groups in total. The third kappa shape index (κ3) is 6.76. The van der Waals surface area contributed by atoms with Crippen molar-refractivity contribution in [2.24, 2.45) is 0 Å². The van der Waals surface area contributed by atoms with Crippen LogP contribution in [-0.2, 0) is 13.0 Å². The summed E-state index contributed by atoms with van der Waals surface area (Å²) >= 11 is 3.42. The van der Waals surface area contributed by atoms with Crippen LogP contribution < -0.4 is 10.1 Å². The largest absolute Gasteiger partial charge is 0.493 e. The normalized spacial score (nSPS) is 11.2. The number of ether oxygens (including phenoxy) is 1. The number of fused-ring (bicyclic) bond motifs is 1. The monoisotopic (exact) mass is 547 g/mol. The van der Waals surface area contributed by atoms with Crippen LogP contribution >= 0.6 is 15.9 Å². The Bertz CT molecular complexity index is 1300. The van der Waals surface area contributed by atoms with Gasteiger partial charge in [-0.05, 0) is 67.1 Å². The summed E-state index contributed by atoms with van der Waals surface area (Å²) in [4.78, 5) is 17.3. The number of imidazole rings is 1. The van der Waals surface area contributed by atoms with Crippen LogP contribution in [0.1, 0.15) is 60.8 Å². The summed E-state index contributed by atoms with van der Waals surface area (Å²) in [5.41, 5.74) is 4.10. The number of hydrogen-bond donors (Lipinski definition) is 1. The van der Waals surface area contributed by atoms with Crippen molar-refractivity contribution in [1.82, 2.24) is 14.9 Å². The van der Waals surface area contributed by atoms with Gasteiger partial charge in [0, 0.05) is 29.5 Å². The van der Waals surface area contributed by atoms with E-state index in [0.717, 1.165) is 59.3 Å². The minimum atomic E-state index is -0.0520. The van der Waals surface area contributed by atoms with E-state index in [9.17, 15) is 4.79 Å². The first-order valence-corrected chi connectivity index (χ1v) is 13.5. The van der Waals surface area contributed by atoms with E-state index < -0.39 is 0 Å². The zero-order chi connectivity index (χ0) is 25.3. The molecule has 188 valence electrons. The number of carbonyl (C=O) groups excluding carboxylic acids is 1. The summed E-state index contributed by atoms with van der Waals surface area (Å²) in [6.07, 6.45) is 3.63. The fourth-order valence-electron chi connectivity index (χ4n) is 4.39. The van der Waals surface area contributed by atoms with Crippen LogP contribution in [0.3, 0.4) is 0 Å². The second-order valence-electron chi connectivity index (χ2n) is 9.29. The molecule has 0 atom stereocenters. The number of hydrogen-bond acceptors (Lipinski definition) is 3. The number of benzene rings is 3. The lowest BCUT2D eigenvalue weighted by Gasteiger charge is -2.14. The maximum Gasteiger partial charge on any atom is 0.251 e. The van der Waals surface area contributed by atoms with E-state index in [0.29, 0.717) is 24.6 Å². The molecule has 0 saturated heterocycles. The molecule has 0 radical (unpaired) electrons. The minimum absolute atomic E-state index is 0.0520. The Kier molecular flexibility index (Phi) is 9.17. The first-order valence-electron chi connectivity index (χ1n) is 12.7. The van der Waals surface area contributed by atoms with Crippen LogP contribution in [-0.4, -0.2) is 28.6 Å². The van der Waals surface area contributed by atoms with E-state index in [4.69, 9.17) is 9.72 Å². The molecule has 0 aliphatic rings. The Morgan fingerprint density at radius 3 is 2.64 bits per heavy atom. The predicted octanol–water partition coefficient (Wildman–Crippen LogP) is 7.14. The van der Waals surface area contributed by atoms with Gasteiger partial charge >= 0.3 is 0 Å². The van der Waals surface area contributed by atoms with Crippen molar-refractivity contribution < 1.29 is 9.53 Å². The topological polar surface area (TPSA) is 56.1 Å². The lowest BCUT2D eigenvalue weighted by molar-refractivity contribution is 0.0953. The molecular formula is C30H34BrN3O2. The van der Waals surface area contributed by atoms with Gasteiger partial charge in [-0.15, -0.1) is 0 Å². The highest BCUT2D eigenvalue weighted by Crippen LogP contribution is 2.26. The van der Waals surface area contributed by atoms with Gasteiger partial charge in [-0.2, -0.15) is 0 Å². The molecule has 0 bridgehead atoms. The molecule has 6 heteroatoms. The fraction of sp³-hybridized carbons (Fsp3) is 0.333. The number of nitrogens with zero attached hydrogens (tertiary/aromatic N) is 2. The number of aryl methyl sites for hydroxylation is 2. The highest BCUT2D eigenvalue weighted by atomic mass is 79.9. The standard InChI is InChI=1S/C30H34BrN3O2/c1-22(2)25-13-3-6-16-28(25)36-20-8-7-19-34-27-15-5-4-14-26(27)33-29(34)17-10-18-32-30(35)23-11-9-12-24(31)21-23/h3-6,9,11-16,21-22H,7-8,10,17-20H2,1-2H3,(H,32,35). The smallest absolute Gasteiger partial charge is 0.251 e. The number of rotatable bonds is 12. The molecule has 36 heavy (non-hydrogen) atoms. The number of carbonyl (C=O) groups is 1. The maximum atomic E-state index is 12.4. The Hall–Kier alpha value is -3.12. The van der Waals surface area contributed by atoms with Crippen LogP contribution in [0.25, 0.3) is 11.0 Å². The molecule has 1 heterocycles. The van der Waals surface area contributed by atoms with E-state index in [1.54, 1.807) is 0 Å². The Morgan fingerprint density at radius 1 is 1.00 bits per heavy atom. The second kappa shape index (κ2) is 12.7. The highest BCUT2D eigenvalue weighted by molar-refractivity contribution is 9.10. The Labute approximate surface area is 222 Å². The number of para-hydroxylation sites is 3. The zero-order valence-electron chi connectivity index (χ0n) is 21.0. The third-order valence-corrected chi connectivity index (χ3v) is 6.75. The summed E-state index contributed by atoms with van der Waals surface area (Å²) in [6.45, 7) is 6.60. The maximum absolute atomic E-state index is 12.4. The number of aromatic nitrogens is 2. The molecule has 5 nitrogen and oxygen atoms in total. The van der Waals surface area contributed by atoms with Crippen LogP contribution in [0.4, 0.5) is 0 Å².